The Morgan fingerprint density at radius 1 is 1.38 bits per heavy atom. The fourth-order valence-corrected chi connectivity index (χ4v) is 2.62. The van der Waals surface area contributed by atoms with Gasteiger partial charge in [0.25, 0.3) is 0 Å². The Morgan fingerprint density at radius 2 is 2.00 bits per heavy atom. The first-order chi connectivity index (χ1) is 10.0. The second-order valence-corrected chi connectivity index (χ2v) is 5.46. The van der Waals surface area contributed by atoms with Crippen LogP contribution >= 0.6 is 11.6 Å². The van der Waals surface area contributed by atoms with Gasteiger partial charge in [0, 0.05) is 32.3 Å². The lowest BCUT2D eigenvalue weighted by Gasteiger charge is -2.15. The van der Waals surface area contributed by atoms with Crippen molar-refractivity contribution < 1.29 is 14.3 Å². The number of rotatable bonds is 5. The van der Waals surface area contributed by atoms with Crippen molar-refractivity contribution in [2.45, 2.75) is 12.2 Å². The maximum absolute atomic E-state index is 12.1. The fourth-order valence-electron chi connectivity index (χ4n) is 2.44. The number of carbonyl (C=O) groups is 1. The molecule has 0 aliphatic carbocycles. The highest BCUT2D eigenvalue weighted by atomic mass is 35.5. The highest BCUT2D eigenvalue weighted by Gasteiger charge is 2.33. The Balaban J connectivity index is 1.90. The third-order valence-corrected chi connectivity index (χ3v) is 3.79. The quantitative estimate of drug-likeness (QED) is 0.799. The molecule has 1 heterocycles. The molecular formula is C14H20ClN3O3. The molecule has 116 valence electrons. The Kier molecular flexibility index (Phi) is 5.41. The van der Waals surface area contributed by atoms with E-state index in [0.29, 0.717) is 29.5 Å². The van der Waals surface area contributed by atoms with Gasteiger partial charge < -0.3 is 20.5 Å². The molecule has 1 aliphatic heterocycles. The van der Waals surface area contributed by atoms with Gasteiger partial charge in [0.1, 0.15) is 0 Å². The number of halogens is 1. The molecule has 1 aromatic rings. The van der Waals surface area contributed by atoms with E-state index in [1.54, 1.807) is 32.4 Å². The third kappa shape index (κ3) is 4.07. The van der Waals surface area contributed by atoms with Gasteiger partial charge in [-0.15, -0.1) is 0 Å². The van der Waals surface area contributed by atoms with Crippen molar-refractivity contribution in [3.63, 3.8) is 0 Å². The summed E-state index contributed by atoms with van der Waals surface area (Å²) in [6, 6.07) is 4.98. The van der Waals surface area contributed by atoms with Crippen molar-refractivity contribution in [2.75, 3.05) is 44.9 Å². The summed E-state index contributed by atoms with van der Waals surface area (Å²) < 4.78 is 10.7. The van der Waals surface area contributed by atoms with Crippen molar-refractivity contribution >= 4 is 28.9 Å². The fraction of sp³-hybridized carbons (Fsp3) is 0.500. The summed E-state index contributed by atoms with van der Waals surface area (Å²) in [6.45, 7) is 1.60. The smallest absolute Gasteiger partial charge is 0.238 e. The number of nitrogens with zero attached hydrogens (tertiary/aromatic N) is 1. The van der Waals surface area contributed by atoms with Crippen LogP contribution < -0.4 is 11.1 Å². The molecule has 2 rings (SSSR count). The average Bonchev–Trinajstić information content (AvgIpc) is 2.84. The van der Waals surface area contributed by atoms with Crippen LogP contribution in [0.2, 0.25) is 5.02 Å². The third-order valence-electron chi connectivity index (χ3n) is 3.55. The summed E-state index contributed by atoms with van der Waals surface area (Å²) >= 11 is 5.83. The molecule has 6 nitrogen and oxygen atoms in total. The molecule has 2 unspecified atom stereocenters. The summed E-state index contributed by atoms with van der Waals surface area (Å²) in [4.78, 5) is 14.1. The van der Waals surface area contributed by atoms with E-state index in [2.05, 4.69) is 5.32 Å². The lowest BCUT2D eigenvalue weighted by atomic mass is 10.2. The highest BCUT2D eigenvalue weighted by molar-refractivity contribution is 6.31. The van der Waals surface area contributed by atoms with E-state index < -0.39 is 0 Å². The van der Waals surface area contributed by atoms with Crippen molar-refractivity contribution in [3.8, 4) is 0 Å². The van der Waals surface area contributed by atoms with Gasteiger partial charge in [0.2, 0.25) is 5.91 Å². The molecule has 0 spiro atoms. The van der Waals surface area contributed by atoms with Crippen LogP contribution in [-0.2, 0) is 14.3 Å². The minimum Gasteiger partial charge on any atom is -0.397 e. The molecule has 0 bridgehead atoms. The van der Waals surface area contributed by atoms with Crippen molar-refractivity contribution in [1.29, 1.82) is 0 Å². The summed E-state index contributed by atoms with van der Waals surface area (Å²) in [5.41, 5.74) is 6.82. The standard InChI is InChI=1S/C14H20ClN3O3/c1-20-12-6-18(7-13(12)21-2)8-14(19)17-11-4-3-9(15)5-10(11)16/h3-5,12-13H,6-8,16H2,1-2H3,(H,17,19). The number of ether oxygens (including phenoxy) is 2. The van der Waals surface area contributed by atoms with E-state index in [4.69, 9.17) is 26.8 Å². The van der Waals surface area contributed by atoms with Gasteiger partial charge in [-0.1, -0.05) is 11.6 Å². The van der Waals surface area contributed by atoms with E-state index in [1.807, 2.05) is 4.90 Å². The number of amides is 1. The number of nitrogen functional groups attached to an aromatic ring is 1. The Bertz CT molecular complexity index is 500. The molecule has 3 N–H and O–H groups in total. The molecule has 1 aromatic carbocycles. The van der Waals surface area contributed by atoms with Gasteiger partial charge in [-0.05, 0) is 18.2 Å². The minimum absolute atomic E-state index is 0.0107. The number of hydrogen-bond acceptors (Lipinski definition) is 5. The van der Waals surface area contributed by atoms with E-state index >= 15 is 0 Å². The van der Waals surface area contributed by atoms with E-state index in [0.717, 1.165) is 0 Å². The number of nitrogens with one attached hydrogen (secondary N) is 1. The van der Waals surface area contributed by atoms with Crippen LogP contribution in [0.5, 0.6) is 0 Å². The molecule has 7 heteroatoms. The SMILES string of the molecule is COC1CN(CC(=O)Nc2ccc(Cl)cc2N)CC1OC. The van der Waals surface area contributed by atoms with E-state index in [9.17, 15) is 4.79 Å². The van der Waals surface area contributed by atoms with Gasteiger partial charge in [-0.25, -0.2) is 0 Å². The first kappa shape index (κ1) is 16.0. The molecule has 0 aromatic heterocycles. The predicted octanol–water partition coefficient (Wildman–Crippen LogP) is 1.21. The normalized spacial score (nSPS) is 22.4. The zero-order chi connectivity index (χ0) is 15.4. The predicted molar refractivity (Wildman–Crippen MR) is 82.5 cm³/mol. The Hall–Kier alpha value is -1.34. The van der Waals surface area contributed by atoms with Gasteiger partial charge in [0.15, 0.2) is 0 Å². The molecule has 0 radical (unpaired) electrons. The second kappa shape index (κ2) is 7.09. The Morgan fingerprint density at radius 3 is 2.52 bits per heavy atom. The minimum atomic E-state index is -0.129. The molecule has 1 amide bonds. The van der Waals surface area contributed by atoms with Crippen molar-refractivity contribution in [3.05, 3.63) is 23.2 Å². The first-order valence-electron chi connectivity index (χ1n) is 6.66. The molecule has 0 saturated carbocycles. The molecule has 1 saturated heterocycles. The zero-order valence-corrected chi connectivity index (χ0v) is 12.9. The largest absolute Gasteiger partial charge is 0.397 e. The van der Waals surface area contributed by atoms with Crippen LogP contribution in [0.3, 0.4) is 0 Å². The van der Waals surface area contributed by atoms with Crippen LogP contribution in [0.1, 0.15) is 0 Å². The van der Waals surface area contributed by atoms with Crippen LogP contribution in [0.4, 0.5) is 11.4 Å². The highest BCUT2D eigenvalue weighted by Crippen LogP contribution is 2.23. The van der Waals surface area contributed by atoms with Gasteiger partial charge in [-0.2, -0.15) is 0 Å². The van der Waals surface area contributed by atoms with Crippen LogP contribution in [0.15, 0.2) is 18.2 Å². The summed E-state index contributed by atoms with van der Waals surface area (Å²) in [5, 5.41) is 3.32. The Labute approximate surface area is 129 Å². The van der Waals surface area contributed by atoms with Gasteiger partial charge >= 0.3 is 0 Å². The van der Waals surface area contributed by atoms with E-state index in [1.165, 1.54) is 0 Å². The topological polar surface area (TPSA) is 76.8 Å². The number of benzene rings is 1. The second-order valence-electron chi connectivity index (χ2n) is 5.02. The number of carbonyl (C=O) groups excluding carboxylic acids is 1. The summed E-state index contributed by atoms with van der Waals surface area (Å²) in [6.07, 6.45) is -0.0215. The van der Waals surface area contributed by atoms with Crippen LogP contribution in [0.25, 0.3) is 0 Å². The number of methoxy groups -OCH3 is 2. The van der Waals surface area contributed by atoms with Crippen LogP contribution in [-0.4, -0.2) is 56.9 Å². The maximum Gasteiger partial charge on any atom is 0.238 e. The van der Waals surface area contributed by atoms with Crippen LogP contribution in [0, 0.1) is 0 Å². The summed E-state index contributed by atoms with van der Waals surface area (Å²) in [7, 11) is 3.29. The molecule has 21 heavy (non-hydrogen) atoms. The summed E-state index contributed by atoms with van der Waals surface area (Å²) in [5.74, 6) is -0.129. The number of anilines is 2. The molecular weight excluding hydrogens is 294 g/mol. The molecule has 2 atom stereocenters. The van der Waals surface area contributed by atoms with E-state index in [-0.39, 0.29) is 24.7 Å². The molecule has 1 aliphatic rings. The lowest BCUT2D eigenvalue weighted by Crippen LogP contribution is -2.32. The number of likely N-dealkylation sites (tertiary alicyclic amines) is 1. The first-order valence-corrected chi connectivity index (χ1v) is 7.04. The maximum atomic E-state index is 12.1. The van der Waals surface area contributed by atoms with Crippen molar-refractivity contribution in [2.24, 2.45) is 0 Å². The number of hydrogen-bond donors (Lipinski definition) is 2. The molecule has 1 fully saturated rings. The van der Waals surface area contributed by atoms with Gasteiger partial charge in [-0.3, -0.25) is 9.69 Å². The lowest BCUT2D eigenvalue weighted by molar-refractivity contribution is -0.117. The average molecular weight is 314 g/mol. The van der Waals surface area contributed by atoms with Crippen molar-refractivity contribution in [1.82, 2.24) is 4.90 Å². The zero-order valence-electron chi connectivity index (χ0n) is 12.1. The number of nitrogens with two attached hydrogens (primary N) is 1. The van der Waals surface area contributed by atoms with Gasteiger partial charge in [0.05, 0.1) is 30.1 Å². The monoisotopic (exact) mass is 313 g/mol.